The van der Waals surface area contributed by atoms with Gasteiger partial charge < -0.3 is 9.63 Å². The van der Waals surface area contributed by atoms with Crippen molar-refractivity contribution < 1.29 is 9.63 Å². The summed E-state index contributed by atoms with van der Waals surface area (Å²) in [5, 5.41) is 13.2. The second-order valence-corrected chi connectivity index (χ2v) is 3.54. The van der Waals surface area contributed by atoms with Crippen molar-refractivity contribution in [1.82, 2.24) is 5.16 Å². The third-order valence-corrected chi connectivity index (χ3v) is 2.54. The lowest BCUT2D eigenvalue weighted by Gasteiger charge is -2.02. The fraction of sp³-hybridized carbons (Fsp3) is 0.250. The molecule has 0 amide bonds. The lowest BCUT2D eigenvalue weighted by molar-refractivity contribution is 0.278. The quantitative estimate of drug-likeness (QED) is 0.815. The van der Waals surface area contributed by atoms with E-state index in [1.807, 2.05) is 31.2 Å². The van der Waals surface area contributed by atoms with Gasteiger partial charge in [-0.3, -0.25) is 0 Å². The van der Waals surface area contributed by atoms with Crippen molar-refractivity contribution in [3.8, 4) is 11.3 Å². The number of aryl methyl sites for hydroxylation is 2. The Hall–Kier alpha value is -1.61. The van der Waals surface area contributed by atoms with Crippen LogP contribution in [0.5, 0.6) is 0 Å². The first-order valence-corrected chi connectivity index (χ1v) is 4.86. The minimum atomic E-state index is -0.0427. The standard InChI is InChI=1S/C12H13NO2/c1-8-5-3-4-6-10(8)12-11(7-14)9(2)15-13-12/h3-6,14H,7H2,1-2H3. The number of nitrogens with zero attached hydrogens (tertiary/aromatic N) is 1. The minimum Gasteiger partial charge on any atom is -0.391 e. The first-order valence-electron chi connectivity index (χ1n) is 4.86. The van der Waals surface area contributed by atoms with E-state index >= 15 is 0 Å². The van der Waals surface area contributed by atoms with Gasteiger partial charge in [-0.05, 0) is 19.4 Å². The van der Waals surface area contributed by atoms with E-state index in [2.05, 4.69) is 5.16 Å². The molecule has 0 fully saturated rings. The second kappa shape index (κ2) is 3.87. The van der Waals surface area contributed by atoms with E-state index in [9.17, 15) is 5.11 Å². The Balaban J connectivity index is 2.59. The first kappa shape index (κ1) is 9.93. The normalized spacial score (nSPS) is 10.6. The molecule has 0 aliphatic rings. The van der Waals surface area contributed by atoms with E-state index in [4.69, 9.17) is 4.52 Å². The molecule has 3 heteroatoms. The largest absolute Gasteiger partial charge is 0.391 e. The molecule has 0 radical (unpaired) electrons. The Morgan fingerprint density at radius 3 is 2.67 bits per heavy atom. The molecule has 2 rings (SSSR count). The van der Waals surface area contributed by atoms with Gasteiger partial charge in [0.2, 0.25) is 0 Å². The zero-order valence-corrected chi connectivity index (χ0v) is 8.82. The molecule has 15 heavy (non-hydrogen) atoms. The summed E-state index contributed by atoms with van der Waals surface area (Å²) in [6.07, 6.45) is 0. The van der Waals surface area contributed by atoms with Gasteiger partial charge in [-0.15, -0.1) is 0 Å². The van der Waals surface area contributed by atoms with Crippen LogP contribution in [0.2, 0.25) is 0 Å². The van der Waals surface area contributed by atoms with Gasteiger partial charge in [0, 0.05) is 11.1 Å². The molecule has 0 aliphatic carbocycles. The molecule has 1 N–H and O–H groups in total. The van der Waals surface area contributed by atoms with Crippen LogP contribution in [0.4, 0.5) is 0 Å². The summed E-state index contributed by atoms with van der Waals surface area (Å²) in [4.78, 5) is 0. The van der Waals surface area contributed by atoms with Crippen molar-refractivity contribution in [3.63, 3.8) is 0 Å². The molecule has 1 heterocycles. The molecule has 0 aliphatic heterocycles. The Morgan fingerprint density at radius 1 is 1.27 bits per heavy atom. The number of aliphatic hydroxyl groups is 1. The van der Waals surface area contributed by atoms with Crippen molar-refractivity contribution >= 4 is 0 Å². The second-order valence-electron chi connectivity index (χ2n) is 3.54. The van der Waals surface area contributed by atoms with Crippen LogP contribution in [0.15, 0.2) is 28.8 Å². The molecule has 0 spiro atoms. The maximum Gasteiger partial charge on any atom is 0.139 e. The predicted molar refractivity (Wildman–Crippen MR) is 57.3 cm³/mol. The summed E-state index contributed by atoms with van der Waals surface area (Å²) < 4.78 is 5.09. The summed E-state index contributed by atoms with van der Waals surface area (Å²) in [7, 11) is 0. The van der Waals surface area contributed by atoms with Crippen LogP contribution in [0, 0.1) is 13.8 Å². The third kappa shape index (κ3) is 1.66. The molecule has 78 valence electrons. The molecular weight excluding hydrogens is 190 g/mol. The van der Waals surface area contributed by atoms with Gasteiger partial charge in [-0.2, -0.15) is 0 Å². The minimum absolute atomic E-state index is 0.0427. The van der Waals surface area contributed by atoms with Crippen LogP contribution in [-0.4, -0.2) is 10.3 Å². The zero-order chi connectivity index (χ0) is 10.8. The molecule has 0 saturated carbocycles. The van der Waals surface area contributed by atoms with E-state index in [1.54, 1.807) is 6.92 Å². The van der Waals surface area contributed by atoms with Gasteiger partial charge in [-0.1, -0.05) is 29.4 Å². The van der Waals surface area contributed by atoms with Crippen LogP contribution in [-0.2, 0) is 6.61 Å². The number of hydrogen-bond donors (Lipinski definition) is 1. The maximum absolute atomic E-state index is 9.24. The Kier molecular flexibility index (Phi) is 2.56. The average molecular weight is 203 g/mol. The number of benzene rings is 1. The summed E-state index contributed by atoms with van der Waals surface area (Å²) >= 11 is 0. The van der Waals surface area contributed by atoms with Gasteiger partial charge in [0.15, 0.2) is 0 Å². The lowest BCUT2D eigenvalue weighted by Crippen LogP contribution is -1.90. The molecule has 0 bridgehead atoms. The van der Waals surface area contributed by atoms with Crippen LogP contribution < -0.4 is 0 Å². The highest BCUT2D eigenvalue weighted by atomic mass is 16.5. The van der Waals surface area contributed by atoms with E-state index in [1.165, 1.54) is 0 Å². The molecule has 2 aromatic rings. The summed E-state index contributed by atoms with van der Waals surface area (Å²) in [5.74, 6) is 0.677. The van der Waals surface area contributed by atoms with Crippen molar-refractivity contribution in [2.24, 2.45) is 0 Å². The van der Waals surface area contributed by atoms with Crippen molar-refractivity contribution in [3.05, 3.63) is 41.2 Å². The Bertz CT molecular complexity index is 474. The van der Waals surface area contributed by atoms with Crippen molar-refractivity contribution in [2.75, 3.05) is 0 Å². The predicted octanol–water partition coefficient (Wildman–Crippen LogP) is 2.45. The maximum atomic E-state index is 9.24. The number of aromatic nitrogens is 1. The van der Waals surface area contributed by atoms with Gasteiger partial charge in [-0.25, -0.2) is 0 Å². The smallest absolute Gasteiger partial charge is 0.139 e. The van der Waals surface area contributed by atoms with E-state index in [-0.39, 0.29) is 6.61 Å². The molecule has 0 unspecified atom stereocenters. The topological polar surface area (TPSA) is 46.3 Å². The molecule has 1 aromatic heterocycles. The summed E-state index contributed by atoms with van der Waals surface area (Å²) in [6.45, 7) is 3.78. The highest BCUT2D eigenvalue weighted by Crippen LogP contribution is 2.27. The monoisotopic (exact) mass is 203 g/mol. The van der Waals surface area contributed by atoms with E-state index in [0.717, 1.165) is 22.4 Å². The summed E-state index contributed by atoms with van der Waals surface area (Å²) in [5.41, 5.74) is 3.65. The highest BCUT2D eigenvalue weighted by molar-refractivity contribution is 5.66. The number of aliphatic hydroxyl groups excluding tert-OH is 1. The Labute approximate surface area is 88.3 Å². The lowest BCUT2D eigenvalue weighted by atomic mass is 10.0. The Morgan fingerprint density at radius 2 is 2.00 bits per heavy atom. The third-order valence-electron chi connectivity index (χ3n) is 2.54. The zero-order valence-electron chi connectivity index (χ0n) is 8.82. The van der Waals surface area contributed by atoms with E-state index in [0.29, 0.717) is 5.76 Å². The van der Waals surface area contributed by atoms with Crippen LogP contribution in [0.3, 0.4) is 0 Å². The molecule has 1 aromatic carbocycles. The SMILES string of the molecule is Cc1ccccc1-c1noc(C)c1CO. The van der Waals surface area contributed by atoms with Gasteiger partial charge in [0.1, 0.15) is 11.5 Å². The molecule has 3 nitrogen and oxygen atoms in total. The van der Waals surface area contributed by atoms with Gasteiger partial charge in [0.05, 0.1) is 6.61 Å². The molecule has 0 saturated heterocycles. The van der Waals surface area contributed by atoms with Crippen LogP contribution in [0.1, 0.15) is 16.9 Å². The van der Waals surface area contributed by atoms with Crippen LogP contribution in [0.25, 0.3) is 11.3 Å². The fourth-order valence-corrected chi connectivity index (χ4v) is 1.63. The summed E-state index contributed by atoms with van der Waals surface area (Å²) in [6, 6.07) is 7.92. The molecular formula is C12H13NO2. The van der Waals surface area contributed by atoms with Gasteiger partial charge in [0.25, 0.3) is 0 Å². The molecule has 0 atom stereocenters. The van der Waals surface area contributed by atoms with Gasteiger partial charge >= 0.3 is 0 Å². The van der Waals surface area contributed by atoms with Crippen LogP contribution >= 0.6 is 0 Å². The average Bonchev–Trinajstić information content (AvgIpc) is 2.60. The fourth-order valence-electron chi connectivity index (χ4n) is 1.63. The number of rotatable bonds is 2. The van der Waals surface area contributed by atoms with E-state index < -0.39 is 0 Å². The van der Waals surface area contributed by atoms with Crippen molar-refractivity contribution in [2.45, 2.75) is 20.5 Å². The highest BCUT2D eigenvalue weighted by Gasteiger charge is 2.14. The first-order chi connectivity index (χ1) is 7.24. The van der Waals surface area contributed by atoms with Crippen molar-refractivity contribution in [1.29, 1.82) is 0 Å². The number of hydrogen-bond acceptors (Lipinski definition) is 3.